The molecule has 0 rings (SSSR count). The van der Waals surface area contributed by atoms with Gasteiger partial charge in [0.05, 0.1) is 25.4 Å². The van der Waals surface area contributed by atoms with Gasteiger partial charge >= 0.3 is 0 Å². The van der Waals surface area contributed by atoms with E-state index in [1.807, 2.05) is 0 Å². The van der Waals surface area contributed by atoms with E-state index in [1.54, 1.807) is 0 Å². The van der Waals surface area contributed by atoms with Crippen molar-refractivity contribution < 1.29 is 9.47 Å². The first-order chi connectivity index (χ1) is 7.49. The van der Waals surface area contributed by atoms with Crippen molar-refractivity contribution in [3.8, 4) is 0 Å². The van der Waals surface area contributed by atoms with Crippen molar-refractivity contribution in [2.45, 2.75) is 59.1 Å². The van der Waals surface area contributed by atoms with Crippen LogP contribution in [-0.4, -0.2) is 38.0 Å². The normalized spacial score (nSPS) is 14.1. The van der Waals surface area contributed by atoms with Gasteiger partial charge in [-0.05, 0) is 40.2 Å². The van der Waals surface area contributed by atoms with E-state index in [2.05, 4.69) is 39.9 Å². The molecule has 0 radical (unpaired) electrons. The van der Waals surface area contributed by atoms with Gasteiger partial charge in [0.15, 0.2) is 0 Å². The lowest BCUT2D eigenvalue weighted by molar-refractivity contribution is -0.0373. The highest BCUT2D eigenvalue weighted by atomic mass is 16.5. The molecule has 0 aliphatic heterocycles. The van der Waals surface area contributed by atoms with Crippen molar-refractivity contribution in [3.05, 3.63) is 0 Å². The Labute approximate surface area is 101 Å². The SMILES string of the molecule is CCCNC(CC)COCCOC(C)(C)C. The van der Waals surface area contributed by atoms with Crippen molar-refractivity contribution in [3.63, 3.8) is 0 Å². The van der Waals surface area contributed by atoms with E-state index in [0.29, 0.717) is 19.3 Å². The predicted octanol–water partition coefficient (Wildman–Crippen LogP) is 2.60. The maximum Gasteiger partial charge on any atom is 0.0707 e. The predicted molar refractivity (Wildman–Crippen MR) is 68.9 cm³/mol. The molecule has 0 aliphatic carbocycles. The number of ether oxygens (including phenoxy) is 2. The van der Waals surface area contributed by atoms with Crippen molar-refractivity contribution in [2.24, 2.45) is 0 Å². The van der Waals surface area contributed by atoms with Crippen molar-refractivity contribution in [2.75, 3.05) is 26.4 Å². The zero-order chi connectivity index (χ0) is 12.4. The van der Waals surface area contributed by atoms with Crippen LogP contribution < -0.4 is 5.32 Å². The van der Waals surface area contributed by atoms with Gasteiger partial charge in [-0.2, -0.15) is 0 Å². The molecular formula is C13H29NO2. The molecule has 1 N–H and O–H groups in total. The first-order valence-electron chi connectivity index (χ1n) is 6.44. The highest BCUT2D eigenvalue weighted by Gasteiger charge is 2.09. The Bertz CT molecular complexity index is 155. The van der Waals surface area contributed by atoms with Gasteiger partial charge in [0.2, 0.25) is 0 Å². The summed E-state index contributed by atoms with van der Waals surface area (Å²) in [6.45, 7) is 13.7. The molecule has 3 heteroatoms. The van der Waals surface area contributed by atoms with Gasteiger partial charge in [-0.15, -0.1) is 0 Å². The van der Waals surface area contributed by atoms with E-state index in [0.717, 1.165) is 19.6 Å². The van der Waals surface area contributed by atoms with Crippen molar-refractivity contribution in [1.29, 1.82) is 0 Å². The molecule has 0 aromatic carbocycles. The lowest BCUT2D eigenvalue weighted by Crippen LogP contribution is -2.34. The molecule has 0 heterocycles. The summed E-state index contributed by atoms with van der Waals surface area (Å²) in [5, 5.41) is 3.46. The zero-order valence-electron chi connectivity index (χ0n) is 11.6. The molecule has 0 amide bonds. The van der Waals surface area contributed by atoms with Gasteiger partial charge in [-0.1, -0.05) is 13.8 Å². The number of hydrogen-bond donors (Lipinski definition) is 1. The third-order valence-corrected chi connectivity index (χ3v) is 2.26. The summed E-state index contributed by atoms with van der Waals surface area (Å²) in [5.74, 6) is 0. The fourth-order valence-corrected chi connectivity index (χ4v) is 1.30. The van der Waals surface area contributed by atoms with Crippen LogP contribution in [0.2, 0.25) is 0 Å². The lowest BCUT2D eigenvalue weighted by atomic mass is 10.2. The van der Waals surface area contributed by atoms with Crippen LogP contribution in [0.1, 0.15) is 47.5 Å². The molecular weight excluding hydrogens is 202 g/mol. The quantitative estimate of drug-likeness (QED) is 0.619. The largest absolute Gasteiger partial charge is 0.377 e. The molecule has 0 spiro atoms. The molecule has 1 atom stereocenters. The van der Waals surface area contributed by atoms with E-state index in [9.17, 15) is 0 Å². The van der Waals surface area contributed by atoms with E-state index in [1.165, 1.54) is 6.42 Å². The Hall–Kier alpha value is -0.120. The van der Waals surface area contributed by atoms with Gasteiger partial charge in [-0.25, -0.2) is 0 Å². The van der Waals surface area contributed by atoms with Gasteiger partial charge < -0.3 is 14.8 Å². The topological polar surface area (TPSA) is 30.5 Å². The van der Waals surface area contributed by atoms with E-state index in [4.69, 9.17) is 9.47 Å². The number of nitrogens with one attached hydrogen (secondary N) is 1. The molecule has 3 nitrogen and oxygen atoms in total. The minimum atomic E-state index is -0.0615. The summed E-state index contributed by atoms with van der Waals surface area (Å²) in [7, 11) is 0. The van der Waals surface area contributed by atoms with Gasteiger partial charge in [0, 0.05) is 6.04 Å². The van der Waals surface area contributed by atoms with Crippen LogP contribution in [0.3, 0.4) is 0 Å². The second kappa shape index (κ2) is 8.97. The molecule has 98 valence electrons. The summed E-state index contributed by atoms with van der Waals surface area (Å²) in [4.78, 5) is 0. The van der Waals surface area contributed by atoms with Crippen molar-refractivity contribution in [1.82, 2.24) is 5.32 Å². The van der Waals surface area contributed by atoms with Crippen LogP contribution in [-0.2, 0) is 9.47 Å². The Morgan fingerprint density at radius 3 is 2.31 bits per heavy atom. The van der Waals surface area contributed by atoms with Crippen LogP contribution in [0.5, 0.6) is 0 Å². The van der Waals surface area contributed by atoms with Crippen LogP contribution in [0, 0.1) is 0 Å². The first-order valence-corrected chi connectivity index (χ1v) is 6.44. The smallest absolute Gasteiger partial charge is 0.0707 e. The Morgan fingerprint density at radius 2 is 1.81 bits per heavy atom. The Balaban J connectivity index is 3.41. The lowest BCUT2D eigenvalue weighted by Gasteiger charge is -2.20. The van der Waals surface area contributed by atoms with Crippen LogP contribution in [0.25, 0.3) is 0 Å². The average molecular weight is 231 g/mol. The molecule has 16 heavy (non-hydrogen) atoms. The van der Waals surface area contributed by atoms with E-state index in [-0.39, 0.29) is 5.60 Å². The summed E-state index contributed by atoms with van der Waals surface area (Å²) >= 11 is 0. The summed E-state index contributed by atoms with van der Waals surface area (Å²) in [6, 6.07) is 0.481. The summed E-state index contributed by atoms with van der Waals surface area (Å²) in [5.41, 5.74) is -0.0615. The number of rotatable bonds is 9. The van der Waals surface area contributed by atoms with Gasteiger partial charge in [0.1, 0.15) is 0 Å². The third-order valence-electron chi connectivity index (χ3n) is 2.26. The minimum absolute atomic E-state index is 0.0615. The highest BCUT2D eigenvalue weighted by Crippen LogP contribution is 2.05. The maximum atomic E-state index is 5.59. The fraction of sp³-hybridized carbons (Fsp3) is 1.00. The Kier molecular flexibility index (Phi) is 8.90. The van der Waals surface area contributed by atoms with Gasteiger partial charge in [0.25, 0.3) is 0 Å². The molecule has 0 saturated heterocycles. The van der Waals surface area contributed by atoms with Crippen LogP contribution in [0.4, 0.5) is 0 Å². The first kappa shape index (κ1) is 15.9. The van der Waals surface area contributed by atoms with Crippen LogP contribution >= 0.6 is 0 Å². The fourth-order valence-electron chi connectivity index (χ4n) is 1.30. The van der Waals surface area contributed by atoms with Gasteiger partial charge in [-0.3, -0.25) is 0 Å². The number of hydrogen-bond acceptors (Lipinski definition) is 3. The Morgan fingerprint density at radius 1 is 1.12 bits per heavy atom. The molecule has 1 unspecified atom stereocenters. The van der Waals surface area contributed by atoms with E-state index >= 15 is 0 Å². The monoisotopic (exact) mass is 231 g/mol. The maximum absolute atomic E-state index is 5.59. The third kappa shape index (κ3) is 10.4. The van der Waals surface area contributed by atoms with E-state index < -0.39 is 0 Å². The van der Waals surface area contributed by atoms with Crippen LogP contribution in [0.15, 0.2) is 0 Å². The second-order valence-electron chi connectivity index (χ2n) is 5.10. The minimum Gasteiger partial charge on any atom is -0.377 e. The molecule has 0 aromatic rings. The van der Waals surface area contributed by atoms with Crippen molar-refractivity contribution >= 4 is 0 Å². The molecule has 0 aliphatic rings. The molecule has 0 fully saturated rings. The highest BCUT2D eigenvalue weighted by molar-refractivity contribution is 4.63. The second-order valence-corrected chi connectivity index (χ2v) is 5.10. The average Bonchev–Trinajstić information content (AvgIpc) is 2.20. The molecule has 0 aromatic heterocycles. The molecule has 0 saturated carbocycles. The summed E-state index contributed by atoms with van der Waals surface area (Å²) < 4.78 is 11.2. The zero-order valence-corrected chi connectivity index (χ0v) is 11.6. The standard InChI is InChI=1S/C13H29NO2/c1-6-8-14-12(7-2)11-15-9-10-16-13(3,4)5/h12,14H,6-11H2,1-5H3. The summed E-state index contributed by atoms with van der Waals surface area (Å²) in [6.07, 6.45) is 2.28. The molecule has 0 bridgehead atoms.